The van der Waals surface area contributed by atoms with Gasteiger partial charge in [-0.15, -0.1) is 0 Å². The topological polar surface area (TPSA) is 32.3 Å². The van der Waals surface area contributed by atoms with Gasteiger partial charge >= 0.3 is 0 Å². The molecule has 1 atom stereocenters. The molecule has 72 valence electrons. The van der Waals surface area contributed by atoms with Crippen LogP contribution in [0.3, 0.4) is 0 Å². The van der Waals surface area contributed by atoms with Crippen LogP contribution in [-0.4, -0.2) is 24.4 Å². The molecule has 2 nitrogen and oxygen atoms in total. The Bertz CT molecular complexity index is 228. The lowest BCUT2D eigenvalue weighted by Gasteiger charge is -2.06. The summed E-state index contributed by atoms with van der Waals surface area (Å²) in [4.78, 5) is 0. The monoisotopic (exact) mass is 183 g/mol. The van der Waals surface area contributed by atoms with E-state index in [1.54, 1.807) is 0 Å². The maximum absolute atomic E-state index is 12.5. The van der Waals surface area contributed by atoms with Gasteiger partial charge in [0.2, 0.25) is 0 Å². The fourth-order valence-electron chi connectivity index (χ4n) is 1.03. The van der Waals surface area contributed by atoms with Gasteiger partial charge in [0, 0.05) is 13.1 Å². The minimum atomic E-state index is -1.16. The van der Waals surface area contributed by atoms with E-state index in [-0.39, 0.29) is 6.54 Å². The molecule has 0 aliphatic carbocycles. The summed E-state index contributed by atoms with van der Waals surface area (Å²) in [6, 6.07) is 9.76. The van der Waals surface area contributed by atoms with E-state index in [1.165, 1.54) is 0 Å². The molecule has 1 unspecified atom stereocenters. The molecule has 1 aromatic rings. The lowest BCUT2D eigenvalue weighted by Crippen LogP contribution is -2.25. The van der Waals surface area contributed by atoms with Crippen molar-refractivity contribution in [3.63, 3.8) is 0 Å². The summed E-state index contributed by atoms with van der Waals surface area (Å²) in [7, 11) is 0. The Hall–Kier alpha value is -0.930. The number of aliphatic hydroxyl groups is 1. The van der Waals surface area contributed by atoms with E-state index in [1.807, 2.05) is 30.3 Å². The van der Waals surface area contributed by atoms with Gasteiger partial charge in [-0.2, -0.15) is 0 Å². The standard InChI is InChI=1S/C10H14FNO/c11-10(8-13)7-12-6-9-4-2-1-3-5-9/h1-5,10,12-13H,6-8H2. The zero-order valence-electron chi connectivity index (χ0n) is 7.41. The Morgan fingerprint density at radius 2 is 2.00 bits per heavy atom. The molecule has 0 radical (unpaired) electrons. The zero-order valence-corrected chi connectivity index (χ0v) is 7.41. The highest BCUT2D eigenvalue weighted by Gasteiger charge is 2.02. The number of rotatable bonds is 5. The van der Waals surface area contributed by atoms with Gasteiger partial charge in [0.05, 0.1) is 6.61 Å². The average Bonchev–Trinajstić information content (AvgIpc) is 2.19. The van der Waals surface area contributed by atoms with Gasteiger partial charge in [-0.3, -0.25) is 0 Å². The van der Waals surface area contributed by atoms with E-state index < -0.39 is 12.8 Å². The fourth-order valence-corrected chi connectivity index (χ4v) is 1.03. The molecule has 0 saturated heterocycles. The predicted molar refractivity (Wildman–Crippen MR) is 50.1 cm³/mol. The number of halogens is 1. The molecular formula is C10H14FNO. The van der Waals surface area contributed by atoms with Gasteiger partial charge in [0.15, 0.2) is 0 Å². The summed E-state index contributed by atoms with van der Waals surface area (Å²) in [6.45, 7) is 0.425. The quantitative estimate of drug-likeness (QED) is 0.716. The van der Waals surface area contributed by atoms with Crippen molar-refractivity contribution in [1.29, 1.82) is 0 Å². The molecule has 3 heteroatoms. The van der Waals surface area contributed by atoms with Crippen molar-refractivity contribution in [2.45, 2.75) is 12.7 Å². The smallest absolute Gasteiger partial charge is 0.135 e. The second kappa shape index (κ2) is 5.67. The molecule has 0 aliphatic heterocycles. The van der Waals surface area contributed by atoms with E-state index >= 15 is 0 Å². The van der Waals surface area contributed by atoms with Crippen molar-refractivity contribution < 1.29 is 9.50 Å². The zero-order chi connectivity index (χ0) is 9.52. The molecule has 0 bridgehead atoms. The van der Waals surface area contributed by atoms with Crippen LogP contribution in [0.1, 0.15) is 5.56 Å². The third kappa shape index (κ3) is 4.01. The number of hydrogen-bond donors (Lipinski definition) is 2. The SMILES string of the molecule is OCC(F)CNCc1ccccc1. The maximum atomic E-state index is 12.5. The summed E-state index contributed by atoms with van der Waals surface area (Å²) in [6.07, 6.45) is -1.16. The van der Waals surface area contributed by atoms with Gasteiger partial charge in [-0.1, -0.05) is 30.3 Å². The molecule has 1 aromatic carbocycles. The van der Waals surface area contributed by atoms with Crippen molar-refractivity contribution in [3.8, 4) is 0 Å². The molecule has 0 fully saturated rings. The number of alkyl halides is 1. The molecule has 1 rings (SSSR count). The van der Waals surface area contributed by atoms with Crippen LogP contribution >= 0.6 is 0 Å². The van der Waals surface area contributed by atoms with Crippen LogP contribution in [-0.2, 0) is 6.54 Å². The van der Waals surface area contributed by atoms with Gasteiger partial charge in [-0.25, -0.2) is 4.39 Å². The van der Waals surface area contributed by atoms with Crippen LogP contribution in [0.25, 0.3) is 0 Å². The van der Waals surface area contributed by atoms with Gasteiger partial charge < -0.3 is 10.4 Å². The van der Waals surface area contributed by atoms with Gasteiger partial charge in [0.1, 0.15) is 6.17 Å². The summed E-state index contributed by atoms with van der Waals surface area (Å²) in [5, 5.41) is 11.3. The van der Waals surface area contributed by atoms with E-state index in [4.69, 9.17) is 5.11 Å². The summed E-state index contributed by atoms with van der Waals surface area (Å²) >= 11 is 0. The number of aliphatic hydroxyl groups excluding tert-OH is 1. The number of benzene rings is 1. The van der Waals surface area contributed by atoms with E-state index in [2.05, 4.69) is 5.32 Å². The van der Waals surface area contributed by atoms with Gasteiger partial charge in [-0.05, 0) is 5.56 Å². The van der Waals surface area contributed by atoms with Crippen molar-refractivity contribution in [1.82, 2.24) is 5.32 Å². The third-order valence-corrected chi connectivity index (χ3v) is 1.74. The maximum Gasteiger partial charge on any atom is 0.135 e. The largest absolute Gasteiger partial charge is 0.393 e. The van der Waals surface area contributed by atoms with Crippen LogP contribution in [0.4, 0.5) is 4.39 Å². The van der Waals surface area contributed by atoms with Gasteiger partial charge in [0.25, 0.3) is 0 Å². The lowest BCUT2D eigenvalue weighted by molar-refractivity contribution is 0.175. The van der Waals surface area contributed by atoms with Crippen molar-refractivity contribution in [2.24, 2.45) is 0 Å². The lowest BCUT2D eigenvalue weighted by atomic mass is 10.2. The van der Waals surface area contributed by atoms with Crippen molar-refractivity contribution in [3.05, 3.63) is 35.9 Å². The minimum Gasteiger partial charge on any atom is -0.393 e. The summed E-state index contributed by atoms with van der Waals surface area (Å²) in [5.74, 6) is 0. The summed E-state index contributed by atoms with van der Waals surface area (Å²) < 4.78 is 12.5. The second-order valence-corrected chi connectivity index (χ2v) is 2.90. The van der Waals surface area contributed by atoms with Crippen molar-refractivity contribution >= 4 is 0 Å². The number of hydrogen-bond acceptors (Lipinski definition) is 2. The van der Waals surface area contributed by atoms with Crippen LogP contribution in [0.5, 0.6) is 0 Å². The van der Waals surface area contributed by atoms with Crippen LogP contribution in [0, 0.1) is 0 Å². The Balaban J connectivity index is 2.20. The Kier molecular flexibility index (Phi) is 4.43. The van der Waals surface area contributed by atoms with Crippen LogP contribution in [0.15, 0.2) is 30.3 Å². The first-order valence-electron chi connectivity index (χ1n) is 4.32. The highest BCUT2D eigenvalue weighted by Crippen LogP contribution is 1.97. The summed E-state index contributed by atoms with van der Waals surface area (Å²) in [5.41, 5.74) is 1.12. The van der Waals surface area contributed by atoms with Crippen LogP contribution in [0.2, 0.25) is 0 Å². The predicted octanol–water partition coefficient (Wildman–Crippen LogP) is 1.11. The first kappa shape index (κ1) is 10.2. The molecule has 13 heavy (non-hydrogen) atoms. The first-order valence-corrected chi connectivity index (χ1v) is 4.32. The Labute approximate surface area is 77.4 Å². The molecule has 0 aliphatic rings. The molecular weight excluding hydrogens is 169 g/mol. The Morgan fingerprint density at radius 1 is 1.31 bits per heavy atom. The van der Waals surface area contributed by atoms with E-state index in [9.17, 15) is 4.39 Å². The Morgan fingerprint density at radius 3 is 2.62 bits per heavy atom. The van der Waals surface area contributed by atoms with Crippen molar-refractivity contribution in [2.75, 3.05) is 13.2 Å². The second-order valence-electron chi connectivity index (χ2n) is 2.90. The number of nitrogens with one attached hydrogen (secondary N) is 1. The third-order valence-electron chi connectivity index (χ3n) is 1.74. The van der Waals surface area contributed by atoms with Crippen LogP contribution < -0.4 is 5.32 Å². The highest BCUT2D eigenvalue weighted by molar-refractivity contribution is 5.14. The minimum absolute atomic E-state index is 0.200. The molecule has 0 spiro atoms. The van der Waals surface area contributed by atoms with E-state index in [0.29, 0.717) is 6.54 Å². The fraction of sp³-hybridized carbons (Fsp3) is 0.400. The molecule has 0 heterocycles. The highest BCUT2D eigenvalue weighted by atomic mass is 19.1. The van der Waals surface area contributed by atoms with E-state index in [0.717, 1.165) is 5.56 Å². The molecule has 2 N–H and O–H groups in total. The normalized spacial score (nSPS) is 12.8. The molecule has 0 amide bonds. The molecule has 0 saturated carbocycles. The first-order chi connectivity index (χ1) is 6.33. The average molecular weight is 183 g/mol. The molecule has 0 aromatic heterocycles.